The fraction of sp³-hybridized carbons (Fsp3) is 0.867. The maximum Gasteiger partial charge on any atom is 0.324 e. The van der Waals surface area contributed by atoms with E-state index in [0.717, 1.165) is 51.4 Å². The molecule has 1 spiro atoms. The molecule has 0 aromatic carbocycles. The lowest BCUT2D eigenvalue weighted by atomic mass is 9.71. The Bertz CT molecular complexity index is 368. The molecule has 2 aliphatic carbocycles. The van der Waals surface area contributed by atoms with Crippen LogP contribution in [0.25, 0.3) is 0 Å². The SMILES string of the molecule is O=C1NCC2(CCCCC2)C(=O)N1C1CCCCC1. The van der Waals surface area contributed by atoms with E-state index in [4.69, 9.17) is 0 Å². The van der Waals surface area contributed by atoms with E-state index in [9.17, 15) is 9.59 Å². The summed E-state index contributed by atoms with van der Waals surface area (Å²) in [5.41, 5.74) is -0.274. The molecule has 3 fully saturated rings. The van der Waals surface area contributed by atoms with Crippen LogP contribution in [0.15, 0.2) is 0 Å². The summed E-state index contributed by atoms with van der Waals surface area (Å²) >= 11 is 0. The summed E-state index contributed by atoms with van der Waals surface area (Å²) < 4.78 is 0. The molecular formula is C15H24N2O2. The van der Waals surface area contributed by atoms with Gasteiger partial charge in [-0.1, -0.05) is 38.5 Å². The fourth-order valence-corrected chi connectivity index (χ4v) is 4.04. The smallest absolute Gasteiger partial charge is 0.324 e. The standard InChI is InChI=1S/C15H24N2O2/c18-13-15(9-5-2-6-10-15)11-16-14(19)17(13)12-7-3-1-4-8-12/h12H,1-11H2,(H,16,19). The number of imide groups is 1. The van der Waals surface area contributed by atoms with Crippen molar-refractivity contribution >= 4 is 11.9 Å². The third kappa shape index (κ3) is 2.26. The Morgan fingerprint density at radius 2 is 1.58 bits per heavy atom. The van der Waals surface area contributed by atoms with Gasteiger partial charge in [0.15, 0.2) is 0 Å². The van der Waals surface area contributed by atoms with E-state index in [1.807, 2.05) is 0 Å². The van der Waals surface area contributed by atoms with Crippen molar-refractivity contribution in [3.05, 3.63) is 0 Å². The van der Waals surface area contributed by atoms with E-state index in [0.29, 0.717) is 6.54 Å². The normalized spacial score (nSPS) is 28.5. The van der Waals surface area contributed by atoms with Crippen molar-refractivity contribution in [2.24, 2.45) is 5.41 Å². The predicted molar refractivity (Wildman–Crippen MR) is 72.6 cm³/mol. The average Bonchev–Trinajstić information content (AvgIpc) is 2.46. The van der Waals surface area contributed by atoms with E-state index in [1.165, 1.54) is 12.8 Å². The molecule has 3 amide bonds. The van der Waals surface area contributed by atoms with E-state index >= 15 is 0 Å². The van der Waals surface area contributed by atoms with Crippen LogP contribution in [-0.4, -0.2) is 29.4 Å². The van der Waals surface area contributed by atoms with Gasteiger partial charge in [-0.15, -0.1) is 0 Å². The summed E-state index contributed by atoms with van der Waals surface area (Å²) in [7, 11) is 0. The third-order valence-corrected chi connectivity index (χ3v) is 5.22. The van der Waals surface area contributed by atoms with Crippen molar-refractivity contribution in [2.45, 2.75) is 70.3 Å². The van der Waals surface area contributed by atoms with Crippen LogP contribution in [-0.2, 0) is 4.79 Å². The summed E-state index contributed by atoms with van der Waals surface area (Å²) in [6, 6.07) is 0.00782. The summed E-state index contributed by atoms with van der Waals surface area (Å²) in [5, 5.41) is 2.99. The van der Waals surface area contributed by atoms with Crippen molar-refractivity contribution in [1.82, 2.24) is 10.2 Å². The second-order valence-corrected chi connectivity index (χ2v) is 6.47. The van der Waals surface area contributed by atoms with Gasteiger partial charge in [0, 0.05) is 12.6 Å². The molecule has 0 atom stereocenters. The minimum absolute atomic E-state index is 0.128. The van der Waals surface area contributed by atoms with Gasteiger partial charge >= 0.3 is 6.03 Å². The lowest BCUT2D eigenvalue weighted by Gasteiger charge is -2.46. The minimum atomic E-state index is -0.274. The van der Waals surface area contributed by atoms with Gasteiger partial charge in [0.2, 0.25) is 5.91 Å². The zero-order valence-electron chi connectivity index (χ0n) is 11.6. The zero-order valence-corrected chi connectivity index (χ0v) is 11.6. The number of hydrogen-bond donors (Lipinski definition) is 1. The number of nitrogens with one attached hydrogen (secondary N) is 1. The Hall–Kier alpha value is -1.06. The molecular weight excluding hydrogens is 240 g/mol. The Morgan fingerprint density at radius 1 is 0.947 bits per heavy atom. The van der Waals surface area contributed by atoms with E-state index in [2.05, 4.69) is 5.32 Å². The maximum atomic E-state index is 12.9. The number of carbonyl (C=O) groups excluding carboxylic acids is 2. The van der Waals surface area contributed by atoms with Gasteiger partial charge in [-0.05, 0) is 25.7 Å². The molecule has 0 radical (unpaired) electrons. The van der Waals surface area contributed by atoms with Crippen LogP contribution in [0.3, 0.4) is 0 Å². The van der Waals surface area contributed by atoms with Crippen molar-refractivity contribution in [1.29, 1.82) is 0 Å². The van der Waals surface area contributed by atoms with Crippen LogP contribution in [0.5, 0.6) is 0 Å². The molecule has 3 aliphatic rings. The first kappa shape index (κ1) is 12.9. The first-order valence-electron chi connectivity index (χ1n) is 7.84. The lowest BCUT2D eigenvalue weighted by Crippen LogP contribution is -2.63. The molecule has 1 N–H and O–H groups in total. The summed E-state index contributed by atoms with van der Waals surface area (Å²) in [4.78, 5) is 26.6. The number of hydrogen-bond acceptors (Lipinski definition) is 2. The highest BCUT2D eigenvalue weighted by Crippen LogP contribution is 2.40. The van der Waals surface area contributed by atoms with E-state index < -0.39 is 0 Å². The monoisotopic (exact) mass is 264 g/mol. The van der Waals surface area contributed by atoms with Gasteiger partial charge in [0.05, 0.1) is 5.41 Å². The van der Waals surface area contributed by atoms with Crippen molar-refractivity contribution in [3.63, 3.8) is 0 Å². The predicted octanol–water partition coefficient (Wildman–Crippen LogP) is 2.82. The van der Waals surface area contributed by atoms with Gasteiger partial charge in [0.25, 0.3) is 0 Å². The van der Waals surface area contributed by atoms with Gasteiger partial charge < -0.3 is 5.32 Å². The van der Waals surface area contributed by atoms with Crippen molar-refractivity contribution in [3.8, 4) is 0 Å². The highest BCUT2D eigenvalue weighted by Gasteiger charge is 2.49. The highest BCUT2D eigenvalue weighted by atomic mass is 16.2. The first-order chi connectivity index (χ1) is 9.23. The molecule has 19 heavy (non-hydrogen) atoms. The average molecular weight is 264 g/mol. The van der Waals surface area contributed by atoms with Gasteiger partial charge in [0.1, 0.15) is 0 Å². The molecule has 4 nitrogen and oxygen atoms in total. The fourth-order valence-electron chi connectivity index (χ4n) is 4.04. The topological polar surface area (TPSA) is 49.4 Å². The van der Waals surface area contributed by atoms with Crippen LogP contribution in [0.1, 0.15) is 64.2 Å². The molecule has 1 heterocycles. The highest BCUT2D eigenvalue weighted by molar-refractivity contribution is 6.00. The molecule has 0 aromatic rings. The molecule has 2 saturated carbocycles. The molecule has 3 rings (SSSR count). The van der Waals surface area contributed by atoms with Gasteiger partial charge in [-0.2, -0.15) is 0 Å². The molecule has 1 saturated heterocycles. The molecule has 106 valence electrons. The van der Waals surface area contributed by atoms with Gasteiger partial charge in [-0.25, -0.2) is 4.79 Å². The molecule has 0 unspecified atom stereocenters. The maximum absolute atomic E-state index is 12.9. The number of urea groups is 1. The largest absolute Gasteiger partial charge is 0.337 e. The van der Waals surface area contributed by atoms with E-state index in [-0.39, 0.29) is 23.4 Å². The Labute approximate surface area is 114 Å². The minimum Gasteiger partial charge on any atom is -0.337 e. The zero-order chi connectivity index (χ0) is 13.3. The Morgan fingerprint density at radius 3 is 2.26 bits per heavy atom. The summed E-state index contributed by atoms with van der Waals surface area (Å²) in [5.74, 6) is 0.128. The summed E-state index contributed by atoms with van der Waals surface area (Å²) in [6.07, 6.45) is 10.9. The quantitative estimate of drug-likeness (QED) is 0.791. The first-order valence-corrected chi connectivity index (χ1v) is 7.84. The number of nitrogens with zero attached hydrogens (tertiary/aromatic N) is 1. The lowest BCUT2D eigenvalue weighted by molar-refractivity contribution is -0.145. The summed E-state index contributed by atoms with van der Waals surface area (Å²) in [6.45, 7) is 0.563. The van der Waals surface area contributed by atoms with Crippen LogP contribution in [0.4, 0.5) is 4.79 Å². The van der Waals surface area contributed by atoms with Crippen LogP contribution < -0.4 is 5.32 Å². The van der Waals surface area contributed by atoms with Crippen LogP contribution in [0.2, 0.25) is 0 Å². The van der Waals surface area contributed by atoms with Gasteiger partial charge in [-0.3, -0.25) is 9.69 Å². The number of amides is 3. The van der Waals surface area contributed by atoms with E-state index in [1.54, 1.807) is 4.90 Å². The van der Waals surface area contributed by atoms with Crippen molar-refractivity contribution in [2.75, 3.05) is 6.54 Å². The number of carbonyl (C=O) groups is 2. The Balaban J connectivity index is 1.80. The van der Waals surface area contributed by atoms with Crippen LogP contribution in [0, 0.1) is 5.41 Å². The number of rotatable bonds is 1. The van der Waals surface area contributed by atoms with Crippen LogP contribution >= 0.6 is 0 Å². The van der Waals surface area contributed by atoms with Crippen molar-refractivity contribution < 1.29 is 9.59 Å². The molecule has 1 aliphatic heterocycles. The second kappa shape index (κ2) is 5.14. The second-order valence-electron chi connectivity index (χ2n) is 6.47. The molecule has 4 heteroatoms. The Kier molecular flexibility index (Phi) is 3.50. The molecule has 0 aromatic heterocycles. The molecule has 0 bridgehead atoms. The third-order valence-electron chi connectivity index (χ3n) is 5.22.